The number of rotatable bonds is 8. The quantitative estimate of drug-likeness (QED) is 0.443. The van der Waals surface area contributed by atoms with E-state index < -0.39 is 10.0 Å². The molecule has 35 heavy (non-hydrogen) atoms. The number of hydrogen-bond acceptors (Lipinski definition) is 5. The maximum absolute atomic E-state index is 14.1. The SMILES string of the molecule is CCCN(Cc1c(C)nn(-c2cccc(F)c2)c1N1CCN(C)CC1)S(=O)(=O)c1ccc(Cl)cc1. The van der Waals surface area contributed by atoms with Crippen molar-refractivity contribution >= 4 is 27.4 Å². The Kier molecular flexibility index (Phi) is 7.80. The van der Waals surface area contributed by atoms with E-state index in [1.165, 1.54) is 28.6 Å². The molecule has 3 aromatic rings. The lowest BCUT2D eigenvalue weighted by atomic mass is 10.2. The molecular weight excluding hydrogens is 489 g/mol. The van der Waals surface area contributed by atoms with Crippen LogP contribution in [0.25, 0.3) is 5.69 Å². The summed E-state index contributed by atoms with van der Waals surface area (Å²) in [4.78, 5) is 4.67. The Morgan fingerprint density at radius 1 is 1.09 bits per heavy atom. The van der Waals surface area contributed by atoms with Gasteiger partial charge in [-0.05, 0) is 62.9 Å². The first-order valence-corrected chi connectivity index (χ1v) is 13.6. The van der Waals surface area contributed by atoms with Crippen LogP contribution in [0.5, 0.6) is 0 Å². The Labute approximate surface area is 211 Å². The molecular formula is C25H31ClFN5O2S. The predicted octanol–water partition coefficient (Wildman–Crippen LogP) is 4.33. The average molecular weight is 520 g/mol. The zero-order valence-electron chi connectivity index (χ0n) is 20.3. The van der Waals surface area contributed by atoms with Crippen molar-refractivity contribution in [2.45, 2.75) is 31.7 Å². The molecule has 0 bridgehead atoms. The fraction of sp³-hybridized carbons (Fsp3) is 0.400. The number of nitrogens with zero attached hydrogens (tertiary/aromatic N) is 5. The smallest absolute Gasteiger partial charge is 0.243 e. The van der Waals surface area contributed by atoms with Gasteiger partial charge in [-0.15, -0.1) is 0 Å². The van der Waals surface area contributed by atoms with E-state index in [4.69, 9.17) is 16.7 Å². The Morgan fingerprint density at radius 3 is 2.40 bits per heavy atom. The van der Waals surface area contributed by atoms with Crippen molar-refractivity contribution in [2.75, 3.05) is 44.7 Å². The lowest BCUT2D eigenvalue weighted by Gasteiger charge is -2.35. The maximum atomic E-state index is 14.1. The van der Waals surface area contributed by atoms with E-state index in [2.05, 4.69) is 16.8 Å². The molecule has 0 atom stereocenters. The monoisotopic (exact) mass is 519 g/mol. The van der Waals surface area contributed by atoms with Crippen LogP contribution in [0.3, 0.4) is 0 Å². The molecule has 1 aromatic heterocycles. The highest BCUT2D eigenvalue weighted by molar-refractivity contribution is 7.89. The van der Waals surface area contributed by atoms with Gasteiger partial charge in [-0.25, -0.2) is 17.5 Å². The van der Waals surface area contributed by atoms with Crippen molar-refractivity contribution in [3.05, 3.63) is 70.6 Å². The van der Waals surface area contributed by atoms with Gasteiger partial charge in [0.1, 0.15) is 11.6 Å². The Balaban J connectivity index is 1.79. The van der Waals surface area contributed by atoms with Crippen LogP contribution < -0.4 is 4.90 Å². The zero-order valence-corrected chi connectivity index (χ0v) is 21.9. The van der Waals surface area contributed by atoms with Gasteiger partial charge in [0.25, 0.3) is 0 Å². The van der Waals surface area contributed by atoms with E-state index in [-0.39, 0.29) is 17.3 Å². The minimum atomic E-state index is -3.76. The molecule has 1 aliphatic rings. The number of aryl methyl sites for hydroxylation is 1. The first-order valence-electron chi connectivity index (χ1n) is 11.7. The molecule has 0 radical (unpaired) electrons. The van der Waals surface area contributed by atoms with E-state index in [0.29, 0.717) is 23.7 Å². The summed E-state index contributed by atoms with van der Waals surface area (Å²) in [6.45, 7) is 7.63. The van der Waals surface area contributed by atoms with Gasteiger partial charge in [0.15, 0.2) is 0 Å². The number of sulfonamides is 1. The Bertz CT molecular complexity index is 1270. The minimum absolute atomic E-state index is 0.168. The predicted molar refractivity (Wildman–Crippen MR) is 137 cm³/mol. The van der Waals surface area contributed by atoms with Gasteiger partial charge < -0.3 is 9.80 Å². The van der Waals surface area contributed by atoms with Crippen LogP contribution in [0.15, 0.2) is 53.4 Å². The molecule has 4 rings (SSSR count). The van der Waals surface area contributed by atoms with Crippen molar-refractivity contribution in [3.8, 4) is 5.69 Å². The molecule has 2 aromatic carbocycles. The standard InChI is InChI=1S/C25H31ClFN5O2S/c1-4-12-31(35(33,34)23-10-8-20(26)9-11-23)18-24-19(2)28-32(22-7-5-6-21(27)17-22)25(24)30-15-13-29(3)14-16-30/h5-11,17H,4,12-16,18H2,1-3H3. The highest BCUT2D eigenvalue weighted by Crippen LogP contribution is 2.31. The highest BCUT2D eigenvalue weighted by atomic mass is 35.5. The summed E-state index contributed by atoms with van der Waals surface area (Å²) in [5.74, 6) is 0.466. The maximum Gasteiger partial charge on any atom is 0.243 e. The number of likely N-dealkylation sites (N-methyl/N-ethyl adjacent to an activating group) is 1. The summed E-state index contributed by atoms with van der Waals surface area (Å²) in [5.41, 5.74) is 2.15. The van der Waals surface area contributed by atoms with Crippen LogP contribution in [0.2, 0.25) is 5.02 Å². The first kappa shape index (κ1) is 25.6. The molecule has 0 N–H and O–H groups in total. The second-order valence-electron chi connectivity index (χ2n) is 8.86. The summed E-state index contributed by atoms with van der Waals surface area (Å²) < 4.78 is 44.5. The van der Waals surface area contributed by atoms with E-state index in [1.807, 2.05) is 19.9 Å². The molecule has 1 saturated heterocycles. The number of anilines is 1. The molecule has 0 saturated carbocycles. The second kappa shape index (κ2) is 10.7. The molecule has 7 nitrogen and oxygen atoms in total. The minimum Gasteiger partial charge on any atom is -0.354 e. The van der Waals surface area contributed by atoms with Gasteiger partial charge in [0.05, 0.1) is 16.3 Å². The van der Waals surface area contributed by atoms with Gasteiger partial charge in [0.2, 0.25) is 10.0 Å². The Morgan fingerprint density at radius 2 is 1.77 bits per heavy atom. The van der Waals surface area contributed by atoms with E-state index >= 15 is 0 Å². The summed E-state index contributed by atoms with van der Waals surface area (Å²) >= 11 is 5.99. The molecule has 0 amide bonds. The van der Waals surface area contributed by atoms with Gasteiger partial charge in [0, 0.05) is 49.9 Å². The Hall–Kier alpha value is -2.46. The van der Waals surface area contributed by atoms with Gasteiger partial charge in [-0.1, -0.05) is 24.6 Å². The van der Waals surface area contributed by atoms with Crippen molar-refractivity contribution in [1.82, 2.24) is 19.0 Å². The van der Waals surface area contributed by atoms with E-state index in [0.717, 1.165) is 43.3 Å². The van der Waals surface area contributed by atoms with Crippen molar-refractivity contribution in [2.24, 2.45) is 0 Å². The van der Waals surface area contributed by atoms with Crippen LogP contribution in [0.1, 0.15) is 24.6 Å². The van der Waals surface area contributed by atoms with Crippen LogP contribution >= 0.6 is 11.6 Å². The average Bonchev–Trinajstić information content (AvgIpc) is 3.15. The molecule has 2 heterocycles. The molecule has 0 aliphatic carbocycles. The first-order chi connectivity index (χ1) is 16.7. The lowest BCUT2D eigenvalue weighted by molar-refractivity contribution is 0.310. The van der Waals surface area contributed by atoms with Gasteiger partial charge in [-0.3, -0.25) is 0 Å². The van der Waals surface area contributed by atoms with Crippen LogP contribution in [-0.2, 0) is 16.6 Å². The van der Waals surface area contributed by atoms with Crippen LogP contribution in [-0.4, -0.2) is 67.2 Å². The van der Waals surface area contributed by atoms with E-state index in [9.17, 15) is 12.8 Å². The number of aromatic nitrogens is 2. The summed E-state index contributed by atoms with van der Waals surface area (Å²) in [6, 6.07) is 12.6. The third-order valence-electron chi connectivity index (χ3n) is 6.27. The van der Waals surface area contributed by atoms with Crippen LogP contribution in [0.4, 0.5) is 10.2 Å². The van der Waals surface area contributed by atoms with Crippen LogP contribution in [0, 0.1) is 12.7 Å². The molecule has 10 heteroatoms. The molecule has 188 valence electrons. The molecule has 0 spiro atoms. The lowest BCUT2D eigenvalue weighted by Crippen LogP contribution is -2.45. The molecule has 0 unspecified atom stereocenters. The fourth-order valence-electron chi connectivity index (χ4n) is 4.33. The fourth-order valence-corrected chi connectivity index (χ4v) is 5.96. The van der Waals surface area contributed by atoms with Crippen molar-refractivity contribution in [1.29, 1.82) is 0 Å². The van der Waals surface area contributed by atoms with Gasteiger partial charge in [-0.2, -0.15) is 9.40 Å². The van der Waals surface area contributed by atoms with E-state index in [1.54, 1.807) is 22.9 Å². The number of piperazine rings is 1. The summed E-state index contributed by atoms with van der Waals surface area (Å²) in [5, 5.41) is 5.23. The number of hydrogen-bond donors (Lipinski definition) is 0. The van der Waals surface area contributed by atoms with Gasteiger partial charge >= 0.3 is 0 Å². The second-order valence-corrected chi connectivity index (χ2v) is 11.2. The molecule has 1 fully saturated rings. The topological polar surface area (TPSA) is 61.7 Å². The number of benzene rings is 2. The number of halogens is 2. The van der Waals surface area contributed by atoms with Crippen molar-refractivity contribution < 1.29 is 12.8 Å². The van der Waals surface area contributed by atoms with Crippen molar-refractivity contribution in [3.63, 3.8) is 0 Å². The zero-order chi connectivity index (χ0) is 25.2. The summed E-state index contributed by atoms with van der Waals surface area (Å²) in [7, 11) is -1.68. The third kappa shape index (κ3) is 5.53. The summed E-state index contributed by atoms with van der Waals surface area (Å²) in [6.07, 6.45) is 0.660. The largest absolute Gasteiger partial charge is 0.354 e. The highest BCUT2D eigenvalue weighted by Gasteiger charge is 2.30. The molecule has 1 aliphatic heterocycles. The third-order valence-corrected chi connectivity index (χ3v) is 8.38. The normalized spacial score (nSPS) is 15.2.